The Hall–Kier alpha value is -4.70. The predicted octanol–water partition coefficient (Wildman–Crippen LogP) is 4.16. The predicted molar refractivity (Wildman–Crippen MR) is 194 cm³/mol. The molecule has 2 fully saturated rings. The van der Waals surface area contributed by atoms with Crippen molar-refractivity contribution >= 4 is 62.5 Å². The third-order valence-electron chi connectivity index (χ3n) is 9.27. The number of fused-ring (bicyclic) bond motifs is 1. The number of aromatic nitrogens is 2. The fourth-order valence-corrected chi connectivity index (χ4v) is 8.83. The molecule has 52 heavy (non-hydrogen) atoms. The van der Waals surface area contributed by atoms with E-state index < -0.39 is 22.0 Å². The van der Waals surface area contributed by atoms with Gasteiger partial charge in [-0.15, -0.1) is 0 Å². The van der Waals surface area contributed by atoms with E-state index in [1.807, 2.05) is 30.5 Å². The van der Waals surface area contributed by atoms with Crippen molar-refractivity contribution in [2.75, 3.05) is 32.7 Å². The molecular weight excluding hydrogens is 733 g/mol. The number of amidine groups is 1. The first-order valence-corrected chi connectivity index (χ1v) is 18.7. The van der Waals surface area contributed by atoms with E-state index in [0.29, 0.717) is 40.9 Å². The molecule has 0 radical (unpaired) electrons. The molecule has 274 valence electrons. The monoisotopic (exact) mass is 769 g/mol. The summed E-state index contributed by atoms with van der Waals surface area (Å²) >= 11 is 13.3. The van der Waals surface area contributed by atoms with E-state index in [0.717, 1.165) is 11.4 Å². The minimum absolute atomic E-state index is 0.0123. The normalized spacial score (nSPS) is 17.1. The lowest BCUT2D eigenvalue weighted by Crippen LogP contribution is -2.55. The summed E-state index contributed by atoms with van der Waals surface area (Å²) in [5.41, 5.74) is 9.44. The molecule has 2 aliphatic heterocycles. The van der Waals surface area contributed by atoms with E-state index >= 15 is 0 Å². The molecule has 2 amide bonds. The first-order valence-electron chi connectivity index (χ1n) is 16.5. The summed E-state index contributed by atoms with van der Waals surface area (Å²) in [4.78, 5) is 50.2. The van der Waals surface area contributed by atoms with Gasteiger partial charge in [-0.05, 0) is 63.1 Å². The number of carbonyl (C=O) groups excluding carboxylic acids is 3. The highest BCUT2D eigenvalue weighted by atomic mass is 35.5. The van der Waals surface area contributed by atoms with E-state index in [1.165, 1.54) is 23.4 Å². The van der Waals surface area contributed by atoms with Gasteiger partial charge in [-0.3, -0.25) is 9.59 Å². The molecule has 2 aromatic heterocycles. The highest BCUT2D eigenvalue weighted by molar-refractivity contribution is 7.89. The summed E-state index contributed by atoms with van der Waals surface area (Å²) in [5, 5.41) is 3.71. The number of hydrogen-bond acceptors (Lipinski definition) is 9. The Labute approximate surface area is 310 Å². The summed E-state index contributed by atoms with van der Waals surface area (Å²) < 4.78 is 37.4. The molecule has 2 aliphatic rings. The molecule has 0 unspecified atom stereocenters. The standard InChI is InChI=1S/C35H37Cl2N7O7S/c1-21-22(2)43-14-5-7-29(33(43)39-21)50-20-26-27(36)12-13-30(31(26)37)52(48,49)44-15-4-6-28(44)35(47)42-18-16-41(17-19-42)34(46)25-10-8-24(9-11-25)32(38)40-51-23(3)45/h5,7-14,28H,4,6,15-20H2,1-3H3,(H2,38,40)/t28-/m0/s1. The molecule has 14 nitrogen and oxygen atoms in total. The van der Waals surface area contributed by atoms with Crippen molar-refractivity contribution in [2.24, 2.45) is 10.9 Å². The highest BCUT2D eigenvalue weighted by Crippen LogP contribution is 2.36. The van der Waals surface area contributed by atoms with Crippen LogP contribution in [0.15, 0.2) is 64.8 Å². The summed E-state index contributed by atoms with van der Waals surface area (Å²) in [7, 11) is -4.22. The number of ether oxygens (including phenoxy) is 1. The summed E-state index contributed by atoms with van der Waals surface area (Å²) in [6.07, 6.45) is 2.72. The van der Waals surface area contributed by atoms with Crippen LogP contribution < -0.4 is 10.5 Å². The number of hydrogen-bond donors (Lipinski definition) is 1. The number of imidazole rings is 1. The van der Waals surface area contributed by atoms with E-state index in [-0.39, 0.29) is 71.9 Å². The Bertz CT molecular complexity index is 2180. The fraction of sp³-hybridized carbons (Fsp3) is 0.343. The number of amides is 2. The molecule has 1 atom stereocenters. The van der Waals surface area contributed by atoms with Gasteiger partial charge in [-0.25, -0.2) is 18.2 Å². The maximum absolute atomic E-state index is 14.1. The average Bonchev–Trinajstić information content (AvgIpc) is 3.75. The Morgan fingerprint density at radius 1 is 0.962 bits per heavy atom. The lowest BCUT2D eigenvalue weighted by molar-refractivity contribution is -0.141. The van der Waals surface area contributed by atoms with Crippen LogP contribution in [0, 0.1) is 13.8 Å². The summed E-state index contributed by atoms with van der Waals surface area (Å²) in [5.74, 6) is -0.698. The number of carbonyl (C=O) groups is 3. The van der Waals surface area contributed by atoms with E-state index in [9.17, 15) is 22.8 Å². The molecule has 0 spiro atoms. The van der Waals surface area contributed by atoms with Crippen LogP contribution in [0.1, 0.15) is 52.6 Å². The lowest BCUT2D eigenvalue weighted by atomic mass is 10.1. The topological polar surface area (TPSA) is 169 Å². The largest absolute Gasteiger partial charge is 0.485 e. The third kappa shape index (κ3) is 7.31. The van der Waals surface area contributed by atoms with Gasteiger partial charge in [0, 0.05) is 73.3 Å². The van der Waals surface area contributed by atoms with E-state index in [4.69, 9.17) is 33.7 Å². The van der Waals surface area contributed by atoms with Gasteiger partial charge in [0.05, 0.1) is 10.7 Å². The quantitative estimate of drug-likeness (QED) is 0.114. The lowest BCUT2D eigenvalue weighted by Gasteiger charge is -2.37. The van der Waals surface area contributed by atoms with Crippen molar-refractivity contribution in [1.29, 1.82) is 0 Å². The van der Waals surface area contributed by atoms with Crippen molar-refractivity contribution in [2.45, 2.75) is 51.2 Å². The van der Waals surface area contributed by atoms with Crippen LogP contribution >= 0.6 is 23.2 Å². The van der Waals surface area contributed by atoms with Crippen LogP contribution in [0.25, 0.3) is 5.65 Å². The van der Waals surface area contributed by atoms with Gasteiger partial charge in [0.1, 0.15) is 17.5 Å². The van der Waals surface area contributed by atoms with Crippen LogP contribution in [-0.2, 0) is 31.1 Å². The second kappa shape index (κ2) is 15.1. The van der Waals surface area contributed by atoms with Gasteiger partial charge in [-0.2, -0.15) is 4.31 Å². The SMILES string of the molecule is CC(=O)ON=C(N)c1ccc(C(=O)N2CCN(C(=O)[C@@H]3CCCN3S(=O)(=O)c3ccc(Cl)c(COc4cccn5c(C)c(C)nc45)c3Cl)CC2)cc1. The molecule has 2 aromatic carbocycles. The number of benzene rings is 2. The van der Waals surface area contributed by atoms with Crippen molar-refractivity contribution < 1.29 is 32.4 Å². The van der Waals surface area contributed by atoms with Gasteiger partial charge in [0.25, 0.3) is 5.91 Å². The second-order valence-corrected chi connectivity index (χ2v) is 15.1. The molecule has 2 N–H and O–H groups in total. The molecule has 0 saturated carbocycles. The molecule has 0 aliphatic carbocycles. The maximum Gasteiger partial charge on any atom is 0.332 e. The number of halogens is 2. The Balaban J connectivity index is 1.11. The number of piperazine rings is 1. The van der Waals surface area contributed by atoms with Crippen LogP contribution in [0.3, 0.4) is 0 Å². The summed E-state index contributed by atoms with van der Waals surface area (Å²) in [6, 6.07) is 11.9. The number of pyridine rings is 1. The number of sulfonamides is 1. The Kier molecular flexibility index (Phi) is 10.8. The highest BCUT2D eigenvalue weighted by Gasteiger charge is 2.43. The minimum atomic E-state index is -4.22. The number of nitrogens with two attached hydrogens (primary N) is 1. The van der Waals surface area contributed by atoms with Gasteiger partial charge in [-0.1, -0.05) is 40.5 Å². The molecule has 6 rings (SSSR count). The van der Waals surface area contributed by atoms with Crippen molar-refractivity contribution in [3.8, 4) is 5.75 Å². The zero-order valence-corrected chi connectivity index (χ0v) is 31.0. The van der Waals surface area contributed by atoms with E-state index in [1.54, 1.807) is 40.1 Å². The van der Waals surface area contributed by atoms with Gasteiger partial charge in [0.15, 0.2) is 17.2 Å². The van der Waals surface area contributed by atoms with Crippen molar-refractivity contribution in [3.63, 3.8) is 0 Å². The van der Waals surface area contributed by atoms with Gasteiger partial charge in [0.2, 0.25) is 15.9 Å². The third-order valence-corrected chi connectivity index (χ3v) is 12.1. The van der Waals surface area contributed by atoms with Crippen LogP contribution in [-0.4, -0.2) is 94.3 Å². The number of oxime groups is 1. The van der Waals surface area contributed by atoms with Crippen molar-refractivity contribution in [1.82, 2.24) is 23.5 Å². The van der Waals surface area contributed by atoms with Crippen LogP contribution in [0.5, 0.6) is 5.75 Å². The summed E-state index contributed by atoms with van der Waals surface area (Å²) in [6.45, 7) is 6.09. The van der Waals surface area contributed by atoms with E-state index in [2.05, 4.69) is 15.0 Å². The number of rotatable bonds is 9. The fourth-order valence-electron chi connectivity index (χ4n) is 6.32. The molecule has 2 saturated heterocycles. The Morgan fingerprint density at radius 3 is 2.33 bits per heavy atom. The first-order chi connectivity index (χ1) is 24.8. The number of nitrogens with zero attached hydrogens (tertiary/aromatic N) is 6. The van der Waals surface area contributed by atoms with Crippen LogP contribution in [0.2, 0.25) is 10.0 Å². The zero-order valence-electron chi connectivity index (χ0n) is 28.7. The molecular formula is C35H37Cl2N7O7S. The molecule has 4 aromatic rings. The smallest absolute Gasteiger partial charge is 0.332 e. The minimum Gasteiger partial charge on any atom is -0.485 e. The Morgan fingerprint density at radius 2 is 1.63 bits per heavy atom. The van der Waals surface area contributed by atoms with Crippen molar-refractivity contribution in [3.05, 3.63) is 92.9 Å². The molecule has 17 heteroatoms. The molecule has 4 heterocycles. The van der Waals surface area contributed by atoms with Gasteiger partial charge < -0.3 is 29.5 Å². The molecule has 0 bridgehead atoms. The zero-order chi connectivity index (χ0) is 37.3. The number of aryl methyl sites for hydroxylation is 2. The first kappa shape index (κ1) is 37.1. The van der Waals surface area contributed by atoms with Crippen LogP contribution in [0.4, 0.5) is 0 Å². The average molecular weight is 771 g/mol. The second-order valence-electron chi connectivity index (χ2n) is 12.5. The maximum atomic E-state index is 14.1. The van der Waals surface area contributed by atoms with Gasteiger partial charge >= 0.3 is 5.97 Å².